The van der Waals surface area contributed by atoms with Crippen LogP contribution in [0.15, 0.2) is 41.3 Å². The molecule has 0 bridgehead atoms. The van der Waals surface area contributed by atoms with Gasteiger partial charge in [0.2, 0.25) is 10.0 Å². The van der Waals surface area contributed by atoms with Gasteiger partial charge in [-0.2, -0.15) is 4.31 Å². The van der Waals surface area contributed by atoms with Crippen LogP contribution in [0.5, 0.6) is 0 Å². The van der Waals surface area contributed by atoms with Gasteiger partial charge >= 0.3 is 0 Å². The molecule has 2 aromatic carbocycles. The van der Waals surface area contributed by atoms with Crippen LogP contribution in [0.1, 0.15) is 48.2 Å². The first kappa shape index (κ1) is 22.3. The number of hydrogen-bond donors (Lipinski definition) is 1. The number of carbonyl (C=O) groups is 1. The summed E-state index contributed by atoms with van der Waals surface area (Å²) in [6, 6.07) is 10.7. The molecule has 0 radical (unpaired) electrons. The van der Waals surface area contributed by atoms with Gasteiger partial charge in [-0.25, -0.2) is 8.42 Å². The zero-order chi connectivity index (χ0) is 21.9. The number of anilines is 2. The van der Waals surface area contributed by atoms with Crippen LogP contribution in [0, 0.1) is 13.8 Å². The number of carbonyl (C=O) groups excluding carboxylic acids is 1. The molecule has 6 nitrogen and oxygen atoms in total. The maximum absolute atomic E-state index is 13.3. The Balaban J connectivity index is 2.05. The van der Waals surface area contributed by atoms with E-state index in [1.54, 1.807) is 12.1 Å². The van der Waals surface area contributed by atoms with E-state index in [4.69, 9.17) is 0 Å². The summed E-state index contributed by atoms with van der Waals surface area (Å²) < 4.78 is 27.5. The van der Waals surface area contributed by atoms with Crippen molar-refractivity contribution in [2.75, 3.05) is 36.4 Å². The van der Waals surface area contributed by atoms with Crippen molar-refractivity contribution in [1.82, 2.24) is 4.31 Å². The first-order valence-corrected chi connectivity index (χ1v) is 12.0. The van der Waals surface area contributed by atoms with Crippen molar-refractivity contribution >= 4 is 27.3 Å². The van der Waals surface area contributed by atoms with Crippen molar-refractivity contribution in [3.63, 3.8) is 0 Å². The SMILES string of the molecule is CCN(CC)S(=O)(=O)c1ccc(N2CCCC2)c(C(=O)Nc2cccc(C)c2C)c1. The van der Waals surface area contributed by atoms with E-state index < -0.39 is 10.0 Å². The highest BCUT2D eigenvalue weighted by Crippen LogP contribution is 2.30. The molecule has 0 aromatic heterocycles. The Labute approximate surface area is 179 Å². The largest absolute Gasteiger partial charge is 0.371 e. The molecule has 0 spiro atoms. The molecule has 162 valence electrons. The van der Waals surface area contributed by atoms with E-state index >= 15 is 0 Å². The number of amides is 1. The highest BCUT2D eigenvalue weighted by molar-refractivity contribution is 7.89. The molecule has 30 heavy (non-hydrogen) atoms. The Morgan fingerprint density at radius 1 is 1.07 bits per heavy atom. The zero-order valence-electron chi connectivity index (χ0n) is 18.2. The molecular formula is C23H31N3O3S. The van der Waals surface area contributed by atoms with Crippen LogP contribution in [0.2, 0.25) is 0 Å². The van der Waals surface area contributed by atoms with Gasteiger partial charge in [-0.15, -0.1) is 0 Å². The minimum Gasteiger partial charge on any atom is -0.371 e. The van der Waals surface area contributed by atoms with Crippen LogP contribution in [0.3, 0.4) is 0 Å². The Kier molecular flexibility index (Phi) is 6.83. The van der Waals surface area contributed by atoms with Crippen molar-refractivity contribution in [2.45, 2.75) is 45.4 Å². The van der Waals surface area contributed by atoms with Crippen LogP contribution in [0.25, 0.3) is 0 Å². The first-order valence-electron chi connectivity index (χ1n) is 10.6. The number of nitrogens with one attached hydrogen (secondary N) is 1. The summed E-state index contributed by atoms with van der Waals surface area (Å²) in [5.41, 5.74) is 4.01. The van der Waals surface area contributed by atoms with Crippen molar-refractivity contribution in [1.29, 1.82) is 0 Å². The topological polar surface area (TPSA) is 69.7 Å². The lowest BCUT2D eigenvalue weighted by Gasteiger charge is -2.24. The number of nitrogens with zero attached hydrogens (tertiary/aromatic N) is 2. The highest BCUT2D eigenvalue weighted by atomic mass is 32.2. The van der Waals surface area contributed by atoms with Crippen LogP contribution < -0.4 is 10.2 Å². The van der Waals surface area contributed by atoms with Gasteiger partial charge in [-0.1, -0.05) is 26.0 Å². The summed E-state index contributed by atoms with van der Waals surface area (Å²) in [5, 5.41) is 2.99. The fraction of sp³-hybridized carbons (Fsp3) is 0.435. The zero-order valence-corrected chi connectivity index (χ0v) is 19.1. The minimum absolute atomic E-state index is 0.153. The van der Waals surface area contributed by atoms with Gasteiger partial charge in [0, 0.05) is 37.6 Å². The third kappa shape index (κ3) is 4.37. The van der Waals surface area contributed by atoms with Gasteiger partial charge in [0.1, 0.15) is 0 Å². The molecule has 0 aliphatic carbocycles. The normalized spacial score (nSPS) is 14.4. The minimum atomic E-state index is -3.65. The highest BCUT2D eigenvalue weighted by Gasteiger charge is 2.26. The van der Waals surface area contributed by atoms with E-state index in [1.165, 1.54) is 10.4 Å². The second-order valence-corrected chi connectivity index (χ2v) is 9.60. The molecule has 1 saturated heterocycles. The monoisotopic (exact) mass is 429 g/mol. The summed E-state index contributed by atoms with van der Waals surface area (Å²) in [6.45, 7) is 10.1. The van der Waals surface area contributed by atoms with Crippen LogP contribution in [-0.2, 0) is 10.0 Å². The Hall–Kier alpha value is -2.38. The first-order chi connectivity index (χ1) is 14.3. The van der Waals surface area contributed by atoms with E-state index in [9.17, 15) is 13.2 Å². The van der Waals surface area contributed by atoms with E-state index in [2.05, 4.69) is 10.2 Å². The third-order valence-corrected chi connectivity index (χ3v) is 7.90. The summed E-state index contributed by atoms with van der Waals surface area (Å²) in [7, 11) is -3.65. The molecule has 2 aromatic rings. The molecule has 0 unspecified atom stereocenters. The van der Waals surface area contributed by atoms with Crippen LogP contribution in [0.4, 0.5) is 11.4 Å². The number of sulfonamides is 1. The van der Waals surface area contributed by atoms with E-state index in [-0.39, 0.29) is 10.8 Å². The quantitative estimate of drug-likeness (QED) is 0.717. The second-order valence-electron chi connectivity index (χ2n) is 7.66. The third-order valence-electron chi connectivity index (χ3n) is 5.86. The summed E-state index contributed by atoms with van der Waals surface area (Å²) in [6.07, 6.45) is 2.13. The molecule has 1 N–H and O–H groups in total. The molecular weight excluding hydrogens is 398 g/mol. The predicted octanol–water partition coefficient (Wildman–Crippen LogP) is 4.19. The molecule has 1 amide bonds. The summed E-state index contributed by atoms with van der Waals surface area (Å²) in [4.78, 5) is 15.6. The number of benzene rings is 2. The maximum Gasteiger partial charge on any atom is 0.257 e. The average molecular weight is 430 g/mol. The fourth-order valence-electron chi connectivity index (χ4n) is 3.88. The molecule has 0 saturated carbocycles. The predicted molar refractivity (Wildman–Crippen MR) is 122 cm³/mol. The number of aryl methyl sites for hydroxylation is 1. The molecule has 3 rings (SSSR count). The van der Waals surface area contributed by atoms with E-state index in [1.807, 2.05) is 45.9 Å². The summed E-state index contributed by atoms with van der Waals surface area (Å²) >= 11 is 0. The fourth-order valence-corrected chi connectivity index (χ4v) is 5.36. The average Bonchev–Trinajstić information content (AvgIpc) is 3.26. The number of rotatable bonds is 7. The molecule has 1 heterocycles. The molecule has 1 fully saturated rings. The van der Waals surface area contributed by atoms with Gasteiger partial charge < -0.3 is 10.2 Å². The lowest BCUT2D eigenvalue weighted by Crippen LogP contribution is -2.31. The van der Waals surface area contributed by atoms with Crippen molar-refractivity contribution in [3.8, 4) is 0 Å². The van der Waals surface area contributed by atoms with Crippen molar-refractivity contribution in [2.24, 2.45) is 0 Å². The van der Waals surface area contributed by atoms with Crippen molar-refractivity contribution in [3.05, 3.63) is 53.1 Å². The Morgan fingerprint density at radius 2 is 1.73 bits per heavy atom. The standard InChI is InChI=1S/C23H31N3O3S/c1-5-26(6-2)30(28,29)19-12-13-22(25-14-7-8-15-25)20(16-19)23(27)24-21-11-9-10-17(3)18(21)4/h9-13,16H,5-8,14-15H2,1-4H3,(H,24,27). The van der Waals surface area contributed by atoms with Crippen LogP contribution >= 0.6 is 0 Å². The second kappa shape index (κ2) is 9.18. The van der Waals surface area contributed by atoms with Gasteiger partial charge in [0.15, 0.2) is 0 Å². The molecule has 7 heteroatoms. The maximum atomic E-state index is 13.3. The lowest BCUT2D eigenvalue weighted by atomic mass is 10.1. The van der Waals surface area contributed by atoms with Gasteiger partial charge in [-0.3, -0.25) is 4.79 Å². The van der Waals surface area contributed by atoms with Gasteiger partial charge in [0.25, 0.3) is 5.91 Å². The van der Waals surface area contributed by atoms with Crippen molar-refractivity contribution < 1.29 is 13.2 Å². The molecule has 1 aliphatic rings. The molecule has 1 aliphatic heterocycles. The van der Waals surface area contributed by atoms with E-state index in [0.717, 1.165) is 48.4 Å². The van der Waals surface area contributed by atoms with Gasteiger partial charge in [-0.05, 0) is 62.1 Å². The Morgan fingerprint density at radius 3 is 2.37 bits per heavy atom. The smallest absolute Gasteiger partial charge is 0.257 e. The summed E-state index contributed by atoms with van der Waals surface area (Å²) in [5.74, 6) is -0.290. The van der Waals surface area contributed by atoms with Gasteiger partial charge in [0.05, 0.1) is 10.5 Å². The van der Waals surface area contributed by atoms with Crippen LogP contribution in [-0.4, -0.2) is 44.8 Å². The molecule has 0 atom stereocenters. The Bertz CT molecular complexity index is 1020. The number of hydrogen-bond acceptors (Lipinski definition) is 4. The lowest BCUT2D eigenvalue weighted by molar-refractivity contribution is 0.102. The van der Waals surface area contributed by atoms with E-state index in [0.29, 0.717) is 18.7 Å².